The molecular formula is C12H13ClFNO. The summed E-state index contributed by atoms with van der Waals surface area (Å²) < 4.78 is 12.7. The number of likely N-dealkylation sites (tertiary alicyclic amines) is 1. The zero-order valence-corrected chi connectivity index (χ0v) is 9.58. The lowest BCUT2D eigenvalue weighted by Gasteiger charge is -2.15. The average Bonchev–Trinajstić information content (AvgIpc) is 2.68. The van der Waals surface area contributed by atoms with Crippen LogP contribution in [-0.4, -0.2) is 29.3 Å². The van der Waals surface area contributed by atoms with Gasteiger partial charge in [-0.3, -0.25) is 4.79 Å². The Balaban J connectivity index is 1.94. The van der Waals surface area contributed by atoms with Gasteiger partial charge in [-0.05, 0) is 24.1 Å². The highest BCUT2D eigenvalue weighted by atomic mass is 35.5. The van der Waals surface area contributed by atoms with Crippen molar-refractivity contribution in [1.82, 2.24) is 4.90 Å². The van der Waals surface area contributed by atoms with Gasteiger partial charge in [0.05, 0.1) is 11.8 Å². The van der Waals surface area contributed by atoms with Gasteiger partial charge in [0, 0.05) is 13.1 Å². The largest absolute Gasteiger partial charge is 0.341 e. The van der Waals surface area contributed by atoms with E-state index in [4.69, 9.17) is 11.6 Å². The van der Waals surface area contributed by atoms with Crippen molar-refractivity contribution >= 4 is 17.5 Å². The second-order valence-corrected chi connectivity index (χ2v) is 4.65. The average molecular weight is 242 g/mol. The van der Waals surface area contributed by atoms with Crippen LogP contribution in [0.15, 0.2) is 24.3 Å². The number of alkyl halides is 1. The van der Waals surface area contributed by atoms with Crippen LogP contribution in [0.3, 0.4) is 0 Å². The van der Waals surface area contributed by atoms with Crippen LogP contribution >= 0.6 is 11.6 Å². The molecule has 1 atom stereocenters. The topological polar surface area (TPSA) is 20.3 Å². The molecule has 1 aromatic carbocycles. The molecule has 0 N–H and O–H groups in total. The van der Waals surface area contributed by atoms with E-state index in [1.54, 1.807) is 17.0 Å². The van der Waals surface area contributed by atoms with E-state index in [2.05, 4.69) is 0 Å². The first-order valence-corrected chi connectivity index (χ1v) is 5.75. The first-order valence-electron chi connectivity index (χ1n) is 5.31. The highest BCUT2D eigenvalue weighted by Crippen LogP contribution is 2.16. The van der Waals surface area contributed by atoms with Crippen molar-refractivity contribution in [3.05, 3.63) is 35.6 Å². The fraction of sp³-hybridized carbons (Fsp3) is 0.417. The molecule has 2 rings (SSSR count). The van der Waals surface area contributed by atoms with Crippen molar-refractivity contribution in [3.63, 3.8) is 0 Å². The lowest BCUT2D eigenvalue weighted by atomic mass is 10.1. The molecule has 1 saturated heterocycles. The van der Waals surface area contributed by atoms with Gasteiger partial charge in [-0.15, -0.1) is 11.6 Å². The lowest BCUT2D eigenvalue weighted by Crippen LogP contribution is -2.30. The Labute approximate surface area is 99.0 Å². The third-order valence-electron chi connectivity index (χ3n) is 2.75. The third-order valence-corrected chi connectivity index (χ3v) is 3.11. The summed E-state index contributed by atoms with van der Waals surface area (Å²) in [6.45, 7) is 1.36. The maximum Gasteiger partial charge on any atom is 0.227 e. The van der Waals surface area contributed by atoms with Crippen LogP contribution in [0, 0.1) is 5.82 Å². The van der Waals surface area contributed by atoms with Gasteiger partial charge in [0.25, 0.3) is 0 Å². The molecule has 1 heterocycles. The standard InChI is InChI=1S/C12H13ClFNO/c13-10-5-6-15(8-10)12(16)7-9-1-3-11(14)4-2-9/h1-4,10H,5-8H2. The van der Waals surface area contributed by atoms with E-state index in [9.17, 15) is 9.18 Å². The molecule has 1 amide bonds. The Kier molecular flexibility index (Phi) is 3.44. The smallest absolute Gasteiger partial charge is 0.227 e. The molecule has 4 heteroatoms. The van der Waals surface area contributed by atoms with Crippen LogP contribution in [-0.2, 0) is 11.2 Å². The highest BCUT2D eigenvalue weighted by molar-refractivity contribution is 6.21. The Hall–Kier alpha value is -1.09. The molecule has 0 aliphatic carbocycles. The SMILES string of the molecule is O=C(Cc1ccc(F)cc1)N1CCC(Cl)C1. The predicted octanol–water partition coefficient (Wildman–Crippen LogP) is 2.21. The number of amides is 1. The minimum Gasteiger partial charge on any atom is -0.341 e. The Morgan fingerprint density at radius 3 is 2.69 bits per heavy atom. The van der Waals surface area contributed by atoms with E-state index >= 15 is 0 Å². The van der Waals surface area contributed by atoms with Crippen LogP contribution in [0.25, 0.3) is 0 Å². The molecular weight excluding hydrogens is 229 g/mol. The summed E-state index contributed by atoms with van der Waals surface area (Å²) in [5.74, 6) is -0.215. The molecule has 1 fully saturated rings. The second-order valence-electron chi connectivity index (χ2n) is 4.03. The summed E-state index contributed by atoms with van der Waals surface area (Å²) in [6.07, 6.45) is 1.18. The van der Waals surface area contributed by atoms with Gasteiger partial charge in [0.2, 0.25) is 5.91 Å². The van der Waals surface area contributed by atoms with Gasteiger partial charge in [-0.25, -0.2) is 4.39 Å². The van der Waals surface area contributed by atoms with Gasteiger partial charge in [-0.1, -0.05) is 12.1 Å². The zero-order chi connectivity index (χ0) is 11.5. The quantitative estimate of drug-likeness (QED) is 0.727. The molecule has 1 aliphatic rings. The highest BCUT2D eigenvalue weighted by Gasteiger charge is 2.24. The van der Waals surface area contributed by atoms with Gasteiger partial charge in [-0.2, -0.15) is 0 Å². The van der Waals surface area contributed by atoms with E-state index in [1.807, 2.05) is 0 Å². The summed E-state index contributed by atoms with van der Waals surface area (Å²) in [5, 5.41) is 0.0807. The van der Waals surface area contributed by atoms with E-state index in [-0.39, 0.29) is 17.1 Å². The minimum absolute atomic E-state index is 0.0646. The van der Waals surface area contributed by atoms with Crippen molar-refractivity contribution in [3.8, 4) is 0 Å². The van der Waals surface area contributed by atoms with Crippen LogP contribution in [0.5, 0.6) is 0 Å². The summed E-state index contributed by atoms with van der Waals surface area (Å²) in [5.41, 5.74) is 0.837. The zero-order valence-electron chi connectivity index (χ0n) is 8.83. The number of halogens is 2. The van der Waals surface area contributed by atoms with Gasteiger partial charge in [0.15, 0.2) is 0 Å². The van der Waals surface area contributed by atoms with Crippen molar-refractivity contribution in [2.24, 2.45) is 0 Å². The fourth-order valence-electron chi connectivity index (χ4n) is 1.83. The Bertz CT molecular complexity index is 379. The normalized spacial score (nSPS) is 20.1. The number of carbonyl (C=O) groups excluding carboxylic acids is 1. The second kappa shape index (κ2) is 4.83. The molecule has 1 aromatic rings. The number of benzene rings is 1. The first kappa shape index (κ1) is 11.4. The molecule has 2 nitrogen and oxygen atoms in total. The van der Waals surface area contributed by atoms with Crippen molar-refractivity contribution in [2.75, 3.05) is 13.1 Å². The first-order chi connectivity index (χ1) is 7.65. The number of carbonyl (C=O) groups is 1. The molecule has 1 unspecified atom stereocenters. The molecule has 0 saturated carbocycles. The fourth-order valence-corrected chi connectivity index (χ4v) is 2.10. The molecule has 0 radical (unpaired) electrons. The number of nitrogens with zero attached hydrogens (tertiary/aromatic N) is 1. The molecule has 86 valence electrons. The molecule has 0 aromatic heterocycles. The predicted molar refractivity (Wildman–Crippen MR) is 60.9 cm³/mol. The maximum absolute atomic E-state index is 12.7. The van der Waals surface area contributed by atoms with Crippen molar-refractivity contribution in [2.45, 2.75) is 18.2 Å². The van der Waals surface area contributed by atoms with E-state index in [0.29, 0.717) is 13.0 Å². The lowest BCUT2D eigenvalue weighted by molar-refractivity contribution is -0.129. The van der Waals surface area contributed by atoms with Gasteiger partial charge >= 0.3 is 0 Å². The molecule has 0 spiro atoms. The summed E-state index contributed by atoms with van der Waals surface area (Å²) in [7, 11) is 0. The number of hydrogen-bond donors (Lipinski definition) is 0. The minimum atomic E-state index is -0.279. The Morgan fingerprint density at radius 1 is 1.44 bits per heavy atom. The molecule has 0 bridgehead atoms. The Morgan fingerprint density at radius 2 is 2.12 bits per heavy atom. The summed E-state index contributed by atoms with van der Waals surface area (Å²) in [4.78, 5) is 13.6. The molecule has 1 aliphatic heterocycles. The molecule has 16 heavy (non-hydrogen) atoms. The third kappa shape index (κ3) is 2.73. The van der Waals surface area contributed by atoms with E-state index in [0.717, 1.165) is 18.5 Å². The van der Waals surface area contributed by atoms with Gasteiger partial charge < -0.3 is 4.90 Å². The maximum atomic E-state index is 12.7. The van der Waals surface area contributed by atoms with Crippen LogP contribution in [0.2, 0.25) is 0 Å². The number of rotatable bonds is 2. The number of hydrogen-bond acceptors (Lipinski definition) is 1. The van der Waals surface area contributed by atoms with Crippen LogP contribution < -0.4 is 0 Å². The van der Waals surface area contributed by atoms with Crippen LogP contribution in [0.4, 0.5) is 4.39 Å². The monoisotopic (exact) mass is 241 g/mol. The van der Waals surface area contributed by atoms with Crippen molar-refractivity contribution < 1.29 is 9.18 Å². The van der Waals surface area contributed by atoms with Crippen LogP contribution in [0.1, 0.15) is 12.0 Å². The summed E-state index contributed by atoms with van der Waals surface area (Å²) >= 11 is 5.93. The van der Waals surface area contributed by atoms with E-state index in [1.165, 1.54) is 12.1 Å². The van der Waals surface area contributed by atoms with Crippen molar-refractivity contribution in [1.29, 1.82) is 0 Å². The summed E-state index contributed by atoms with van der Waals surface area (Å²) in [6, 6.07) is 6.02. The van der Waals surface area contributed by atoms with E-state index < -0.39 is 0 Å². The van der Waals surface area contributed by atoms with Gasteiger partial charge in [0.1, 0.15) is 5.82 Å².